The van der Waals surface area contributed by atoms with Crippen molar-refractivity contribution < 1.29 is 14.7 Å². The van der Waals surface area contributed by atoms with Gasteiger partial charge in [-0.3, -0.25) is 4.79 Å². The van der Waals surface area contributed by atoms with Crippen LogP contribution in [0.2, 0.25) is 0 Å². The van der Waals surface area contributed by atoms with E-state index in [0.717, 1.165) is 5.56 Å². The first kappa shape index (κ1) is 13.2. The summed E-state index contributed by atoms with van der Waals surface area (Å²) in [4.78, 5) is 22.1. The third kappa shape index (κ3) is 4.65. The number of carbonyl (C=O) groups is 2. The molecule has 0 unspecified atom stereocenters. The molecule has 92 valence electrons. The Morgan fingerprint density at radius 2 is 2.06 bits per heavy atom. The number of rotatable bonds is 6. The normalized spacial score (nSPS) is 11.8. The monoisotopic (exact) mass is 236 g/mol. The quantitative estimate of drug-likeness (QED) is 0.600. The summed E-state index contributed by atoms with van der Waals surface area (Å²) in [6.07, 6.45) is 1.12. The number of hydrogen-bond acceptors (Lipinski definition) is 4. The number of likely N-dealkylation sites (N-methyl/N-ethyl adjacent to an activating group) is 1. The van der Waals surface area contributed by atoms with Crippen molar-refractivity contribution in [1.29, 1.82) is 0 Å². The molecule has 0 radical (unpaired) electrons. The maximum absolute atomic E-state index is 11.3. The van der Waals surface area contributed by atoms with Crippen LogP contribution in [0.1, 0.15) is 5.56 Å². The average Bonchev–Trinajstić information content (AvgIpc) is 2.31. The van der Waals surface area contributed by atoms with Crippen LogP contribution in [-0.2, 0) is 16.0 Å². The predicted octanol–water partition coefficient (Wildman–Crippen LogP) is -0.162. The minimum absolute atomic E-state index is 0.177. The summed E-state index contributed by atoms with van der Waals surface area (Å²) in [6.45, 7) is 0.180. The summed E-state index contributed by atoms with van der Waals surface area (Å²) in [5.41, 5.74) is 0.879. The van der Waals surface area contributed by atoms with Crippen LogP contribution in [-0.4, -0.2) is 36.9 Å². The van der Waals surface area contributed by atoms with E-state index in [2.05, 4.69) is 10.6 Å². The van der Waals surface area contributed by atoms with E-state index in [1.807, 2.05) is 0 Å². The lowest BCUT2D eigenvalue weighted by Crippen LogP contribution is -2.41. The first-order chi connectivity index (χ1) is 8.15. The second-order valence-corrected chi connectivity index (χ2v) is 3.71. The van der Waals surface area contributed by atoms with Crippen LogP contribution in [0.25, 0.3) is 0 Å². The highest BCUT2D eigenvalue weighted by Gasteiger charge is 2.11. The van der Waals surface area contributed by atoms with Crippen LogP contribution in [0.15, 0.2) is 24.3 Å². The van der Waals surface area contributed by atoms with E-state index in [1.54, 1.807) is 31.3 Å². The summed E-state index contributed by atoms with van der Waals surface area (Å²) in [6, 6.07) is 5.99. The van der Waals surface area contributed by atoms with Crippen molar-refractivity contribution >= 4 is 12.2 Å². The molecule has 0 aromatic heterocycles. The molecule has 5 heteroatoms. The molecule has 0 saturated carbocycles. The van der Waals surface area contributed by atoms with Crippen LogP contribution in [0.3, 0.4) is 0 Å². The van der Waals surface area contributed by atoms with Crippen molar-refractivity contribution in [2.75, 3.05) is 13.6 Å². The third-order valence-electron chi connectivity index (χ3n) is 2.24. The smallest absolute Gasteiger partial charge is 0.234 e. The number of hydrogen-bond donors (Lipinski definition) is 3. The lowest BCUT2D eigenvalue weighted by Gasteiger charge is -2.12. The Kier molecular flexibility index (Phi) is 5.16. The molecule has 0 bridgehead atoms. The molecule has 1 aromatic rings. The van der Waals surface area contributed by atoms with E-state index in [9.17, 15) is 9.59 Å². The maximum atomic E-state index is 11.3. The molecule has 0 aliphatic heterocycles. The predicted molar refractivity (Wildman–Crippen MR) is 63.7 cm³/mol. The molecular formula is C12H16N2O3. The zero-order chi connectivity index (χ0) is 12.7. The van der Waals surface area contributed by atoms with Gasteiger partial charge in [0.1, 0.15) is 12.0 Å². The van der Waals surface area contributed by atoms with Gasteiger partial charge in [-0.25, -0.2) is 0 Å². The molecule has 1 atom stereocenters. The number of phenolic OH excluding ortho intramolecular Hbond substituents is 1. The molecule has 0 aliphatic carbocycles. The molecule has 0 heterocycles. The van der Waals surface area contributed by atoms with E-state index < -0.39 is 6.04 Å². The molecule has 3 N–H and O–H groups in total. The highest BCUT2D eigenvalue weighted by Crippen LogP contribution is 2.10. The van der Waals surface area contributed by atoms with Gasteiger partial charge in [0.05, 0.1) is 12.6 Å². The van der Waals surface area contributed by atoms with Gasteiger partial charge in [-0.2, -0.15) is 0 Å². The number of amides is 1. The minimum Gasteiger partial charge on any atom is -0.508 e. The zero-order valence-electron chi connectivity index (χ0n) is 9.64. The van der Waals surface area contributed by atoms with Gasteiger partial charge < -0.3 is 20.5 Å². The first-order valence-electron chi connectivity index (χ1n) is 5.33. The van der Waals surface area contributed by atoms with Gasteiger partial charge in [-0.15, -0.1) is 0 Å². The standard InChI is InChI=1S/C12H16N2O3/c1-13-7-12(17)14-10(8-15)6-9-2-4-11(16)5-3-9/h2-5,8,10,13,16H,6-7H2,1H3,(H,14,17)/t10-/m0/s1. The second-order valence-electron chi connectivity index (χ2n) is 3.71. The number of nitrogens with one attached hydrogen (secondary N) is 2. The number of aldehydes is 1. The molecule has 0 aliphatic rings. The Labute approximate surface area is 99.8 Å². The molecule has 0 saturated heterocycles. The van der Waals surface area contributed by atoms with Gasteiger partial charge in [0, 0.05) is 0 Å². The zero-order valence-corrected chi connectivity index (χ0v) is 9.64. The lowest BCUT2D eigenvalue weighted by molar-refractivity contribution is -0.123. The molecule has 17 heavy (non-hydrogen) atoms. The highest BCUT2D eigenvalue weighted by atomic mass is 16.3. The molecule has 5 nitrogen and oxygen atoms in total. The van der Waals surface area contributed by atoms with Crippen LogP contribution in [0.4, 0.5) is 0 Å². The second kappa shape index (κ2) is 6.65. The third-order valence-corrected chi connectivity index (χ3v) is 2.24. The lowest BCUT2D eigenvalue weighted by atomic mass is 10.1. The maximum Gasteiger partial charge on any atom is 0.234 e. The molecule has 1 aromatic carbocycles. The first-order valence-corrected chi connectivity index (χ1v) is 5.33. The van der Waals surface area contributed by atoms with E-state index in [1.165, 1.54) is 0 Å². The van der Waals surface area contributed by atoms with Crippen LogP contribution < -0.4 is 10.6 Å². The summed E-state index contributed by atoms with van der Waals surface area (Å²) < 4.78 is 0. The topological polar surface area (TPSA) is 78.4 Å². The highest BCUT2D eigenvalue weighted by molar-refractivity contribution is 5.81. The fourth-order valence-electron chi connectivity index (χ4n) is 1.44. The van der Waals surface area contributed by atoms with Crippen molar-refractivity contribution in [3.63, 3.8) is 0 Å². The van der Waals surface area contributed by atoms with Crippen molar-refractivity contribution in [2.45, 2.75) is 12.5 Å². The SMILES string of the molecule is CNCC(=O)N[C@H](C=O)Cc1ccc(O)cc1. The Hall–Kier alpha value is -1.88. The van der Waals surface area contributed by atoms with Crippen molar-refractivity contribution in [1.82, 2.24) is 10.6 Å². The van der Waals surface area contributed by atoms with Gasteiger partial charge >= 0.3 is 0 Å². The molecule has 1 amide bonds. The molecule has 0 spiro atoms. The summed E-state index contributed by atoms with van der Waals surface area (Å²) in [7, 11) is 1.66. The van der Waals surface area contributed by atoms with E-state index in [-0.39, 0.29) is 18.2 Å². The minimum atomic E-state index is -0.541. The number of phenols is 1. The largest absolute Gasteiger partial charge is 0.508 e. The summed E-state index contributed by atoms with van der Waals surface area (Å²) in [5.74, 6) is -0.0426. The number of carbonyl (C=O) groups excluding carboxylic acids is 2. The van der Waals surface area contributed by atoms with Crippen molar-refractivity contribution in [3.8, 4) is 5.75 Å². The Bertz CT molecular complexity index is 376. The average molecular weight is 236 g/mol. The van der Waals surface area contributed by atoms with Gasteiger partial charge in [-0.05, 0) is 31.2 Å². The molecule has 0 fully saturated rings. The Balaban J connectivity index is 2.54. The van der Waals surface area contributed by atoms with Gasteiger partial charge in [0.25, 0.3) is 0 Å². The van der Waals surface area contributed by atoms with Crippen molar-refractivity contribution in [3.05, 3.63) is 29.8 Å². The van der Waals surface area contributed by atoms with Crippen LogP contribution in [0, 0.1) is 0 Å². The molecule has 1 rings (SSSR count). The fourth-order valence-corrected chi connectivity index (χ4v) is 1.44. The van der Waals surface area contributed by atoms with Gasteiger partial charge in [0.15, 0.2) is 0 Å². The van der Waals surface area contributed by atoms with Gasteiger partial charge in [-0.1, -0.05) is 12.1 Å². The van der Waals surface area contributed by atoms with Gasteiger partial charge in [0.2, 0.25) is 5.91 Å². The summed E-state index contributed by atoms with van der Waals surface area (Å²) in [5, 5.41) is 14.4. The van der Waals surface area contributed by atoms with E-state index in [0.29, 0.717) is 12.7 Å². The van der Waals surface area contributed by atoms with E-state index in [4.69, 9.17) is 5.11 Å². The summed E-state index contributed by atoms with van der Waals surface area (Å²) >= 11 is 0. The number of aromatic hydroxyl groups is 1. The van der Waals surface area contributed by atoms with E-state index >= 15 is 0 Å². The number of benzene rings is 1. The molecular weight excluding hydrogens is 220 g/mol. The van der Waals surface area contributed by atoms with Crippen molar-refractivity contribution in [2.24, 2.45) is 0 Å². The Morgan fingerprint density at radius 3 is 2.59 bits per heavy atom. The fraction of sp³-hybridized carbons (Fsp3) is 0.333. The van der Waals surface area contributed by atoms with Crippen LogP contribution >= 0.6 is 0 Å². The Morgan fingerprint density at radius 1 is 1.41 bits per heavy atom. The van der Waals surface area contributed by atoms with Crippen LogP contribution in [0.5, 0.6) is 5.75 Å².